The molecule has 0 spiro atoms. The van der Waals surface area contributed by atoms with E-state index in [9.17, 15) is 14.0 Å². The van der Waals surface area contributed by atoms with Gasteiger partial charge < -0.3 is 19.3 Å². The maximum absolute atomic E-state index is 14.8. The highest BCUT2D eigenvalue weighted by molar-refractivity contribution is 6.30. The number of carbonyl (C=O) groups is 2. The summed E-state index contributed by atoms with van der Waals surface area (Å²) in [6.07, 6.45) is -2.17. The molecule has 9 heteroatoms. The van der Waals surface area contributed by atoms with Crippen molar-refractivity contribution in [1.29, 1.82) is 0 Å². The first-order valence-electron chi connectivity index (χ1n) is 9.80. The Labute approximate surface area is 174 Å². The number of amides is 2. The predicted octanol–water partition coefficient (Wildman–Crippen LogP) is 1.20. The SMILES string of the molecule is COC1CNC(N2CC(=O)N(Cc3ccc(Cl)cc3)[C@@H](C3COC3)C2=O)C(F)C1. The molecule has 0 saturated carbocycles. The van der Waals surface area contributed by atoms with Crippen LogP contribution in [0.2, 0.25) is 5.02 Å². The summed E-state index contributed by atoms with van der Waals surface area (Å²) in [5.41, 5.74) is 0.885. The Kier molecular flexibility index (Phi) is 6.06. The number of piperazine rings is 1. The summed E-state index contributed by atoms with van der Waals surface area (Å²) < 4.78 is 25.3. The molecule has 1 aromatic carbocycles. The van der Waals surface area contributed by atoms with Crippen LogP contribution >= 0.6 is 11.6 Å². The van der Waals surface area contributed by atoms with Gasteiger partial charge in [-0.25, -0.2) is 4.39 Å². The Bertz CT molecular complexity index is 761. The van der Waals surface area contributed by atoms with Gasteiger partial charge in [0.1, 0.15) is 24.9 Å². The van der Waals surface area contributed by atoms with Crippen molar-refractivity contribution in [2.45, 2.75) is 37.4 Å². The zero-order valence-corrected chi connectivity index (χ0v) is 17.0. The molecule has 0 aromatic heterocycles. The average Bonchev–Trinajstić information content (AvgIpc) is 2.67. The van der Waals surface area contributed by atoms with Crippen LogP contribution in [-0.2, 0) is 25.6 Å². The summed E-state index contributed by atoms with van der Waals surface area (Å²) >= 11 is 5.95. The van der Waals surface area contributed by atoms with Gasteiger partial charge >= 0.3 is 0 Å². The van der Waals surface area contributed by atoms with Crippen molar-refractivity contribution in [3.05, 3.63) is 34.9 Å². The lowest BCUT2D eigenvalue weighted by atomic mass is 9.91. The lowest BCUT2D eigenvalue weighted by Crippen LogP contribution is -2.70. The average molecular weight is 426 g/mol. The molecule has 1 N–H and O–H groups in total. The maximum Gasteiger partial charge on any atom is 0.247 e. The van der Waals surface area contributed by atoms with Gasteiger partial charge in [-0.3, -0.25) is 14.9 Å². The molecule has 7 nitrogen and oxygen atoms in total. The summed E-state index contributed by atoms with van der Waals surface area (Å²) in [6.45, 7) is 1.42. The van der Waals surface area contributed by atoms with Gasteiger partial charge in [0.15, 0.2) is 0 Å². The van der Waals surface area contributed by atoms with E-state index in [1.54, 1.807) is 17.0 Å². The molecule has 3 aliphatic rings. The summed E-state index contributed by atoms with van der Waals surface area (Å²) in [5, 5.41) is 3.65. The lowest BCUT2D eigenvalue weighted by molar-refractivity contribution is -0.174. The minimum atomic E-state index is -1.30. The fraction of sp³-hybridized carbons (Fsp3) is 0.600. The number of rotatable bonds is 5. The van der Waals surface area contributed by atoms with Crippen LogP contribution in [0.4, 0.5) is 4.39 Å². The molecule has 1 aromatic rings. The van der Waals surface area contributed by atoms with Crippen LogP contribution in [-0.4, -0.2) is 79.5 Å². The third-order valence-electron chi connectivity index (χ3n) is 5.93. The van der Waals surface area contributed by atoms with Crippen LogP contribution in [0, 0.1) is 5.92 Å². The van der Waals surface area contributed by atoms with Crippen molar-refractivity contribution in [3.63, 3.8) is 0 Å². The Morgan fingerprint density at radius 3 is 2.59 bits per heavy atom. The fourth-order valence-electron chi connectivity index (χ4n) is 4.20. The number of halogens is 2. The first-order valence-corrected chi connectivity index (χ1v) is 10.2. The van der Waals surface area contributed by atoms with Crippen molar-refractivity contribution < 1.29 is 23.5 Å². The molecule has 3 saturated heterocycles. The largest absolute Gasteiger partial charge is 0.380 e. The quantitative estimate of drug-likeness (QED) is 0.767. The number of benzene rings is 1. The van der Waals surface area contributed by atoms with E-state index in [-0.39, 0.29) is 36.8 Å². The monoisotopic (exact) mass is 425 g/mol. The maximum atomic E-state index is 14.8. The van der Waals surface area contributed by atoms with Crippen LogP contribution in [0.25, 0.3) is 0 Å². The fourth-order valence-corrected chi connectivity index (χ4v) is 4.33. The minimum absolute atomic E-state index is 0.0880. The van der Waals surface area contributed by atoms with Crippen molar-refractivity contribution in [2.24, 2.45) is 5.92 Å². The van der Waals surface area contributed by atoms with E-state index in [1.807, 2.05) is 12.1 Å². The van der Waals surface area contributed by atoms with Gasteiger partial charge in [0.2, 0.25) is 11.8 Å². The molecular formula is C20H25ClFN3O4. The van der Waals surface area contributed by atoms with Crippen molar-refractivity contribution in [2.75, 3.05) is 33.4 Å². The first-order chi connectivity index (χ1) is 14.0. The van der Waals surface area contributed by atoms with Crippen LogP contribution in [0.15, 0.2) is 24.3 Å². The highest BCUT2D eigenvalue weighted by atomic mass is 35.5. The highest BCUT2D eigenvalue weighted by Gasteiger charge is 2.49. The molecule has 158 valence electrons. The predicted molar refractivity (Wildman–Crippen MR) is 104 cm³/mol. The summed E-state index contributed by atoms with van der Waals surface area (Å²) in [7, 11) is 1.54. The minimum Gasteiger partial charge on any atom is -0.380 e. The van der Waals surface area contributed by atoms with Gasteiger partial charge in [-0.1, -0.05) is 23.7 Å². The van der Waals surface area contributed by atoms with Crippen LogP contribution in [0.1, 0.15) is 12.0 Å². The Hall–Kier alpha value is -1.74. The molecule has 3 fully saturated rings. The van der Waals surface area contributed by atoms with Crippen molar-refractivity contribution >= 4 is 23.4 Å². The number of hydrogen-bond acceptors (Lipinski definition) is 5. The van der Waals surface area contributed by atoms with E-state index in [0.29, 0.717) is 31.3 Å². The van der Waals surface area contributed by atoms with E-state index >= 15 is 0 Å². The summed E-state index contributed by atoms with van der Waals surface area (Å²) in [4.78, 5) is 29.4. The van der Waals surface area contributed by atoms with E-state index < -0.39 is 18.4 Å². The van der Waals surface area contributed by atoms with Gasteiger partial charge in [0.25, 0.3) is 0 Å². The number of alkyl halides is 1. The number of methoxy groups -OCH3 is 1. The normalized spacial score (nSPS) is 31.1. The van der Waals surface area contributed by atoms with Crippen LogP contribution in [0.3, 0.4) is 0 Å². The number of carbonyl (C=O) groups excluding carboxylic acids is 2. The molecule has 0 aliphatic carbocycles. The van der Waals surface area contributed by atoms with Gasteiger partial charge in [-0.05, 0) is 17.7 Å². The second-order valence-electron chi connectivity index (χ2n) is 7.82. The zero-order valence-electron chi connectivity index (χ0n) is 16.2. The molecule has 3 aliphatic heterocycles. The standard InChI is InChI=1S/C20H25ClFN3O4/c1-28-15-6-16(22)19(23-7-15)25-9-17(26)24(8-12-2-4-14(21)5-3-12)18(20(25)27)13-10-29-11-13/h2-5,13,15-16,18-19,23H,6-11H2,1H3/t15?,16?,18-,19?/m0/s1. The highest BCUT2D eigenvalue weighted by Crippen LogP contribution is 2.30. The smallest absolute Gasteiger partial charge is 0.247 e. The van der Waals surface area contributed by atoms with Crippen molar-refractivity contribution in [1.82, 2.24) is 15.1 Å². The molecule has 2 amide bonds. The second-order valence-corrected chi connectivity index (χ2v) is 8.26. The number of piperidine rings is 1. The van der Waals surface area contributed by atoms with Crippen LogP contribution < -0.4 is 5.32 Å². The second kappa shape index (κ2) is 8.55. The Morgan fingerprint density at radius 2 is 2.00 bits per heavy atom. The van der Waals surface area contributed by atoms with Crippen LogP contribution in [0.5, 0.6) is 0 Å². The number of nitrogens with zero attached hydrogens (tertiary/aromatic N) is 2. The molecule has 29 heavy (non-hydrogen) atoms. The first kappa shape index (κ1) is 20.5. The molecule has 0 bridgehead atoms. The van der Waals surface area contributed by atoms with Crippen molar-refractivity contribution in [3.8, 4) is 0 Å². The lowest BCUT2D eigenvalue weighted by Gasteiger charge is -2.49. The van der Waals surface area contributed by atoms with E-state index in [4.69, 9.17) is 21.1 Å². The van der Waals surface area contributed by atoms with E-state index in [2.05, 4.69) is 5.32 Å². The Balaban J connectivity index is 1.54. The molecule has 0 radical (unpaired) electrons. The molecular weight excluding hydrogens is 401 g/mol. The van der Waals surface area contributed by atoms with Gasteiger partial charge in [0.05, 0.1) is 19.3 Å². The van der Waals surface area contributed by atoms with Gasteiger partial charge in [-0.15, -0.1) is 0 Å². The van der Waals surface area contributed by atoms with Gasteiger partial charge in [-0.2, -0.15) is 0 Å². The third kappa shape index (κ3) is 4.12. The molecule has 3 heterocycles. The summed E-state index contributed by atoms with van der Waals surface area (Å²) in [5.74, 6) is -0.517. The Morgan fingerprint density at radius 1 is 1.28 bits per heavy atom. The zero-order chi connectivity index (χ0) is 20.5. The molecule has 4 atom stereocenters. The van der Waals surface area contributed by atoms with Gasteiger partial charge in [0, 0.05) is 37.6 Å². The number of nitrogens with one attached hydrogen (secondary N) is 1. The third-order valence-corrected chi connectivity index (χ3v) is 6.18. The molecule has 4 rings (SSSR count). The number of hydrogen-bond donors (Lipinski definition) is 1. The topological polar surface area (TPSA) is 71.1 Å². The van der Waals surface area contributed by atoms with E-state index in [1.165, 1.54) is 12.0 Å². The summed E-state index contributed by atoms with van der Waals surface area (Å²) in [6, 6.07) is 6.53. The van der Waals surface area contributed by atoms with E-state index in [0.717, 1.165) is 5.56 Å². The molecule has 3 unspecified atom stereocenters. The number of ether oxygens (including phenoxy) is 2.